The molecule has 7 heteroatoms. The van der Waals surface area contributed by atoms with Gasteiger partial charge in [-0.05, 0) is 18.6 Å². The number of nitrogens with two attached hydrogens (primary N) is 1. The van der Waals surface area contributed by atoms with Crippen molar-refractivity contribution in [3.8, 4) is 11.8 Å². The Kier molecular flexibility index (Phi) is 6.68. The molecule has 1 fully saturated rings. The lowest BCUT2D eigenvalue weighted by Crippen LogP contribution is -2.32. The Morgan fingerprint density at radius 2 is 2.03 bits per heavy atom. The zero-order valence-corrected chi connectivity index (χ0v) is 17.3. The third-order valence-electron chi connectivity index (χ3n) is 5.32. The topological polar surface area (TPSA) is 109 Å². The molecule has 7 nitrogen and oxygen atoms in total. The Hall–Kier alpha value is -3.40. The van der Waals surface area contributed by atoms with Crippen molar-refractivity contribution >= 4 is 17.5 Å². The van der Waals surface area contributed by atoms with Gasteiger partial charge in [0, 0.05) is 37.1 Å². The van der Waals surface area contributed by atoms with Crippen molar-refractivity contribution in [1.29, 1.82) is 5.26 Å². The number of carbonyl (C=O) groups excluding carboxylic acids is 2. The van der Waals surface area contributed by atoms with Gasteiger partial charge in [0.15, 0.2) is 17.4 Å². The number of pyridine rings is 1. The van der Waals surface area contributed by atoms with Crippen LogP contribution < -0.4 is 10.5 Å². The number of ether oxygens (including phenoxy) is 1. The van der Waals surface area contributed by atoms with Gasteiger partial charge >= 0.3 is 0 Å². The van der Waals surface area contributed by atoms with Crippen molar-refractivity contribution in [3.05, 3.63) is 53.2 Å². The van der Waals surface area contributed by atoms with Crippen LogP contribution >= 0.6 is 0 Å². The first kappa shape index (κ1) is 21.3. The minimum Gasteiger partial charge on any atom is -0.484 e. The molecule has 0 aliphatic carbocycles. The van der Waals surface area contributed by atoms with Crippen molar-refractivity contribution < 1.29 is 14.3 Å². The van der Waals surface area contributed by atoms with E-state index in [9.17, 15) is 9.59 Å². The predicted octanol–water partition coefficient (Wildman–Crippen LogP) is 2.93. The van der Waals surface area contributed by atoms with E-state index in [1.807, 2.05) is 44.2 Å². The highest BCUT2D eigenvalue weighted by molar-refractivity contribution is 5.96. The molecule has 1 aliphatic heterocycles. The summed E-state index contributed by atoms with van der Waals surface area (Å²) in [6.45, 7) is 5.10. The molecule has 0 spiro atoms. The first-order valence-corrected chi connectivity index (χ1v) is 10.0. The van der Waals surface area contributed by atoms with Crippen LogP contribution in [0.4, 0.5) is 5.82 Å². The second kappa shape index (κ2) is 9.40. The van der Waals surface area contributed by atoms with Crippen molar-refractivity contribution in [2.24, 2.45) is 5.92 Å². The predicted molar refractivity (Wildman–Crippen MR) is 113 cm³/mol. The number of aryl methyl sites for hydroxylation is 1. The molecule has 2 atom stereocenters. The lowest BCUT2D eigenvalue weighted by Gasteiger charge is -2.19. The fourth-order valence-corrected chi connectivity index (χ4v) is 3.47. The number of hydrogen-bond acceptors (Lipinski definition) is 6. The second-order valence-electron chi connectivity index (χ2n) is 7.78. The van der Waals surface area contributed by atoms with E-state index in [4.69, 9.17) is 15.7 Å². The highest BCUT2D eigenvalue weighted by Gasteiger charge is 2.34. The zero-order valence-electron chi connectivity index (χ0n) is 17.3. The van der Waals surface area contributed by atoms with Crippen molar-refractivity contribution in [2.45, 2.75) is 39.2 Å². The van der Waals surface area contributed by atoms with E-state index < -0.39 is 0 Å². The van der Waals surface area contributed by atoms with Crippen LogP contribution in [0.3, 0.4) is 0 Å². The summed E-state index contributed by atoms with van der Waals surface area (Å²) >= 11 is 0. The fraction of sp³-hybridized carbons (Fsp3) is 0.391. The van der Waals surface area contributed by atoms with E-state index in [0.29, 0.717) is 30.8 Å². The number of anilines is 1. The molecule has 156 valence electrons. The molecule has 2 aromatic rings. The van der Waals surface area contributed by atoms with Crippen LogP contribution in [0.25, 0.3) is 0 Å². The number of likely N-dealkylation sites (tertiary alicyclic amines) is 1. The van der Waals surface area contributed by atoms with Gasteiger partial charge in [0.2, 0.25) is 5.91 Å². The normalized spacial score (nSPS) is 18.1. The first-order valence-electron chi connectivity index (χ1n) is 10.0. The smallest absolute Gasteiger partial charge is 0.227 e. The Labute approximate surface area is 176 Å². The molecule has 2 N–H and O–H groups in total. The van der Waals surface area contributed by atoms with E-state index in [2.05, 4.69) is 4.98 Å². The van der Waals surface area contributed by atoms with Crippen molar-refractivity contribution in [2.75, 3.05) is 18.8 Å². The van der Waals surface area contributed by atoms with Crippen LogP contribution in [0.15, 0.2) is 36.5 Å². The summed E-state index contributed by atoms with van der Waals surface area (Å²) in [6.07, 6.45) is 1.80. The highest BCUT2D eigenvalue weighted by atomic mass is 16.5. The van der Waals surface area contributed by atoms with Crippen LogP contribution in [0.1, 0.15) is 41.3 Å². The minimum atomic E-state index is -0.236. The first-order chi connectivity index (χ1) is 14.4. The molecule has 1 amide bonds. The molecule has 0 radical (unpaired) electrons. The van der Waals surface area contributed by atoms with Gasteiger partial charge in [0.25, 0.3) is 0 Å². The second-order valence-corrected chi connectivity index (χ2v) is 7.78. The molecule has 3 rings (SSSR count). The monoisotopic (exact) mass is 406 g/mol. The van der Waals surface area contributed by atoms with Crippen molar-refractivity contribution in [3.63, 3.8) is 0 Å². The van der Waals surface area contributed by atoms with Crippen LogP contribution in [0, 0.1) is 24.2 Å². The SMILES string of the molecule is Cc1ccc(CC(=O)N2C[C@H](Oc3cc(C(=O)CCC#N)cnc3N)[C@@H](C)C2)cc1. The molecule has 2 heterocycles. The number of amides is 1. The number of nitrogens with zero attached hydrogens (tertiary/aromatic N) is 3. The number of hydrogen-bond donors (Lipinski definition) is 1. The molecule has 1 saturated heterocycles. The van der Waals surface area contributed by atoms with Gasteiger partial charge in [-0.2, -0.15) is 5.26 Å². The molecule has 0 bridgehead atoms. The number of Topliss-reactive ketones (excluding diaryl/α,β-unsaturated/α-hetero) is 1. The average molecular weight is 406 g/mol. The lowest BCUT2D eigenvalue weighted by atomic mass is 10.1. The van der Waals surface area contributed by atoms with E-state index in [-0.39, 0.29) is 42.4 Å². The Morgan fingerprint density at radius 1 is 1.30 bits per heavy atom. The van der Waals surface area contributed by atoms with Gasteiger partial charge < -0.3 is 15.4 Å². The highest BCUT2D eigenvalue weighted by Crippen LogP contribution is 2.27. The number of aromatic nitrogens is 1. The standard InChI is InChI=1S/C23H26N4O3/c1-15-5-7-17(8-6-15)10-22(29)27-13-16(2)21(14-27)30-20-11-18(12-26-23(20)25)19(28)4-3-9-24/h5-8,11-12,16,21H,3-4,10,13-14H2,1-2H3,(H2,25,26)/t16-,21-/m0/s1. The van der Waals surface area contributed by atoms with Crippen LogP contribution in [-0.2, 0) is 11.2 Å². The number of carbonyl (C=O) groups is 2. The van der Waals surface area contributed by atoms with E-state index >= 15 is 0 Å². The van der Waals surface area contributed by atoms with Crippen LogP contribution in [-0.4, -0.2) is 40.8 Å². The summed E-state index contributed by atoms with van der Waals surface area (Å²) < 4.78 is 6.06. The molecule has 1 aromatic heterocycles. The van der Waals surface area contributed by atoms with E-state index in [1.54, 1.807) is 11.0 Å². The maximum atomic E-state index is 12.7. The van der Waals surface area contributed by atoms with Crippen LogP contribution in [0.5, 0.6) is 5.75 Å². The van der Waals surface area contributed by atoms with E-state index in [0.717, 1.165) is 11.1 Å². The molecule has 1 aliphatic rings. The molecular weight excluding hydrogens is 380 g/mol. The Balaban J connectivity index is 1.64. The van der Waals surface area contributed by atoms with Gasteiger partial charge in [-0.1, -0.05) is 36.8 Å². The largest absolute Gasteiger partial charge is 0.484 e. The van der Waals surface area contributed by atoms with Gasteiger partial charge in [-0.15, -0.1) is 0 Å². The summed E-state index contributed by atoms with van der Waals surface area (Å²) in [5.74, 6) is 0.530. The maximum absolute atomic E-state index is 12.7. The van der Waals surface area contributed by atoms with Crippen LogP contribution in [0.2, 0.25) is 0 Å². The number of nitriles is 1. The molecule has 0 saturated carbocycles. The molecule has 0 unspecified atom stereocenters. The zero-order chi connectivity index (χ0) is 21.7. The summed E-state index contributed by atoms with van der Waals surface area (Å²) in [6, 6.07) is 11.5. The quantitative estimate of drug-likeness (QED) is 0.708. The van der Waals surface area contributed by atoms with Gasteiger partial charge in [0.05, 0.1) is 19.0 Å². The molecule has 1 aromatic carbocycles. The van der Waals surface area contributed by atoms with Crippen molar-refractivity contribution in [1.82, 2.24) is 9.88 Å². The summed E-state index contributed by atoms with van der Waals surface area (Å²) in [5.41, 5.74) is 8.46. The third kappa shape index (κ3) is 5.15. The fourth-order valence-electron chi connectivity index (χ4n) is 3.47. The summed E-state index contributed by atoms with van der Waals surface area (Å²) in [4.78, 5) is 30.7. The van der Waals surface area contributed by atoms with Gasteiger partial charge in [-0.3, -0.25) is 9.59 Å². The summed E-state index contributed by atoms with van der Waals surface area (Å²) in [7, 11) is 0. The lowest BCUT2D eigenvalue weighted by molar-refractivity contribution is -0.129. The number of ketones is 1. The Bertz CT molecular complexity index is 965. The maximum Gasteiger partial charge on any atom is 0.227 e. The molecule has 30 heavy (non-hydrogen) atoms. The number of nitrogen functional groups attached to an aromatic ring is 1. The Morgan fingerprint density at radius 3 is 2.73 bits per heavy atom. The molecular formula is C23H26N4O3. The average Bonchev–Trinajstić information content (AvgIpc) is 3.10. The summed E-state index contributed by atoms with van der Waals surface area (Å²) in [5, 5.41) is 8.66. The number of benzene rings is 1. The van der Waals surface area contributed by atoms with E-state index in [1.165, 1.54) is 6.20 Å². The minimum absolute atomic E-state index is 0.0586. The van der Waals surface area contributed by atoms with Gasteiger partial charge in [-0.25, -0.2) is 4.98 Å². The third-order valence-corrected chi connectivity index (χ3v) is 5.32. The number of rotatable bonds is 7. The van der Waals surface area contributed by atoms with Gasteiger partial charge in [0.1, 0.15) is 6.10 Å².